The highest BCUT2D eigenvalue weighted by atomic mass is 19.1. The van der Waals surface area contributed by atoms with Gasteiger partial charge in [0.25, 0.3) is 0 Å². The van der Waals surface area contributed by atoms with Crippen LogP contribution >= 0.6 is 0 Å². The van der Waals surface area contributed by atoms with Gasteiger partial charge < -0.3 is 0 Å². The Hall–Kier alpha value is -2.28. The molecule has 0 aliphatic heterocycles. The van der Waals surface area contributed by atoms with Crippen LogP contribution in [0, 0.1) is 17.3 Å². The van der Waals surface area contributed by atoms with Crippen molar-refractivity contribution in [2.24, 2.45) is 0 Å². The maximum atomic E-state index is 13.4. The number of aryl methyl sites for hydroxylation is 1. The van der Waals surface area contributed by atoms with Crippen LogP contribution in [0.4, 0.5) is 4.39 Å². The molecular weight excluding hydrogens is 229 g/mol. The van der Waals surface area contributed by atoms with Crippen LogP contribution in [0.1, 0.15) is 24.5 Å². The van der Waals surface area contributed by atoms with Crippen LogP contribution in [-0.2, 0) is 6.42 Å². The molecule has 0 fully saturated rings. The van der Waals surface area contributed by atoms with Gasteiger partial charge in [-0.05, 0) is 12.0 Å². The van der Waals surface area contributed by atoms with E-state index < -0.39 is 5.95 Å². The first kappa shape index (κ1) is 12.2. The molecule has 0 spiro atoms. The Morgan fingerprint density at radius 2 is 2.00 bits per heavy atom. The summed E-state index contributed by atoms with van der Waals surface area (Å²) in [6, 6.07) is 9.40. The number of halogens is 1. The van der Waals surface area contributed by atoms with E-state index in [0.717, 1.165) is 18.4 Å². The van der Waals surface area contributed by atoms with E-state index in [1.165, 1.54) is 11.8 Å². The minimum Gasteiger partial charge on any atom is -0.235 e. The first-order valence-electron chi connectivity index (χ1n) is 5.76. The molecule has 0 atom stereocenters. The van der Waals surface area contributed by atoms with Gasteiger partial charge in [0.15, 0.2) is 5.82 Å². The third kappa shape index (κ3) is 2.51. The molecule has 0 N–H and O–H groups in total. The Kier molecular flexibility index (Phi) is 3.63. The van der Waals surface area contributed by atoms with Crippen molar-refractivity contribution in [1.29, 1.82) is 5.26 Å². The Bertz CT molecular complexity index is 585. The largest absolute Gasteiger partial charge is 0.235 e. The van der Waals surface area contributed by atoms with E-state index in [4.69, 9.17) is 5.26 Å². The van der Waals surface area contributed by atoms with Gasteiger partial charge in [0.05, 0.1) is 6.20 Å². The van der Waals surface area contributed by atoms with E-state index in [9.17, 15) is 4.39 Å². The summed E-state index contributed by atoms with van der Waals surface area (Å²) in [5.41, 5.74) is 1.84. The van der Waals surface area contributed by atoms with Crippen molar-refractivity contribution in [2.45, 2.75) is 19.8 Å². The molecule has 90 valence electrons. The summed E-state index contributed by atoms with van der Waals surface area (Å²) in [4.78, 5) is 7.67. The van der Waals surface area contributed by atoms with Crippen LogP contribution in [0.2, 0.25) is 0 Å². The van der Waals surface area contributed by atoms with Crippen LogP contribution in [0.3, 0.4) is 0 Å². The highest BCUT2D eigenvalue weighted by Gasteiger charge is 2.07. The van der Waals surface area contributed by atoms with E-state index in [2.05, 4.69) is 16.9 Å². The van der Waals surface area contributed by atoms with Crippen LogP contribution in [-0.4, -0.2) is 9.97 Å². The van der Waals surface area contributed by atoms with Crippen LogP contribution in [0.15, 0.2) is 30.5 Å². The maximum Gasteiger partial charge on any atom is 0.234 e. The predicted octanol–water partition coefficient (Wildman–Crippen LogP) is 3.11. The Labute approximate surface area is 105 Å². The summed E-state index contributed by atoms with van der Waals surface area (Å²) < 4.78 is 13.4. The fourth-order valence-electron chi connectivity index (χ4n) is 1.68. The fraction of sp³-hybridized carbons (Fsp3) is 0.214. The van der Waals surface area contributed by atoms with Crippen molar-refractivity contribution >= 4 is 0 Å². The summed E-state index contributed by atoms with van der Waals surface area (Å²) in [5, 5.41) is 8.61. The molecule has 0 aliphatic carbocycles. The van der Waals surface area contributed by atoms with Gasteiger partial charge in [0.1, 0.15) is 11.6 Å². The highest BCUT2D eigenvalue weighted by molar-refractivity contribution is 5.55. The molecule has 18 heavy (non-hydrogen) atoms. The molecule has 0 bridgehead atoms. The quantitative estimate of drug-likeness (QED) is 0.776. The third-order valence-electron chi connectivity index (χ3n) is 2.61. The summed E-state index contributed by atoms with van der Waals surface area (Å²) in [5.74, 6) is -0.477. The van der Waals surface area contributed by atoms with Crippen molar-refractivity contribution in [2.75, 3.05) is 0 Å². The molecule has 0 amide bonds. The second kappa shape index (κ2) is 5.37. The number of nitriles is 1. The molecule has 3 nitrogen and oxygen atoms in total. The normalized spacial score (nSPS) is 10.1. The lowest BCUT2D eigenvalue weighted by Crippen LogP contribution is -1.96. The van der Waals surface area contributed by atoms with Crippen LogP contribution in [0.5, 0.6) is 0 Å². The summed E-state index contributed by atoms with van der Waals surface area (Å²) in [6.45, 7) is 2.12. The number of hydrogen-bond donors (Lipinski definition) is 0. The third-order valence-corrected chi connectivity index (χ3v) is 2.61. The smallest absolute Gasteiger partial charge is 0.234 e. The standard InChI is InChI=1S/C14H12FN3/c1-2-3-10-4-6-11(7-5-10)14-17-9-12(8-16)13(15)18-14/h4-7,9H,2-3H2,1H3. The number of rotatable bonds is 3. The van der Waals surface area contributed by atoms with E-state index in [0.29, 0.717) is 5.82 Å². The minimum atomic E-state index is -0.778. The number of nitrogens with zero attached hydrogens (tertiary/aromatic N) is 3. The van der Waals surface area contributed by atoms with Crippen molar-refractivity contribution in [3.63, 3.8) is 0 Å². The van der Waals surface area contributed by atoms with Gasteiger partial charge in [-0.2, -0.15) is 14.6 Å². The monoisotopic (exact) mass is 241 g/mol. The number of benzene rings is 1. The molecule has 1 aromatic heterocycles. The lowest BCUT2D eigenvalue weighted by atomic mass is 10.1. The average Bonchev–Trinajstić information content (AvgIpc) is 2.40. The summed E-state index contributed by atoms with van der Waals surface area (Å²) in [7, 11) is 0. The first-order chi connectivity index (χ1) is 8.74. The molecule has 0 aliphatic rings. The van der Waals surface area contributed by atoms with Gasteiger partial charge >= 0.3 is 0 Å². The topological polar surface area (TPSA) is 49.6 Å². The van der Waals surface area contributed by atoms with Gasteiger partial charge in [-0.1, -0.05) is 37.6 Å². The van der Waals surface area contributed by atoms with Crippen molar-refractivity contribution in [1.82, 2.24) is 9.97 Å². The van der Waals surface area contributed by atoms with Gasteiger partial charge in [-0.3, -0.25) is 0 Å². The summed E-state index contributed by atoms with van der Waals surface area (Å²) in [6.07, 6.45) is 3.31. The Morgan fingerprint density at radius 1 is 1.28 bits per heavy atom. The van der Waals surface area contributed by atoms with Crippen molar-refractivity contribution < 1.29 is 4.39 Å². The zero-order valence-corrected chi connectivity index (χ0v) is 10.0. The molecule has 0 saturated heterocycles. The van der Waals surface area contributed by atoms with Gasteiger partial charge in [0, 0.05) is 5.56 Å². The van der Waals surface area contributed by atoms with E-state index in [-0.39, 0.29) is 5.56 Å². The molecule has 1 aromatic carbocycles. The molecule has 0 unspecified atom stereocenters. The van der Waals surface area contributed by atoms with Crippen LogP contribution < -0.4 is 0 Å². The van der Waals surface area contributed by atoms with Gasteiger partial charge in [0.2, 0.25) is 5.95 Å². The lowest BCUT2D eigenvalue weighted by Gasteiger charge is -2.02. The highest BCUT2D eigenvalue weighted by Crippen LogP contribution is 2.17. The molecule has 0 radical (unpaired) electrons. The minimum absolute atomic E-state index is 0.138. The van der Waals surface area contributed by atoms with Gasteiger partial charge in [-0.15, -0.1) is 0 Å². The molecular formula is C14H12FN3. The van der Waals surface area contributed by atoms with Crippen molar-refractivity contribution in [3.8, 4) is 17.5 Å². The zero-order valence-electron chi connectivity index (χ0n) is 10.0. The molecule has 2 rings (SSSR count). The molecule has 4 heteroatoms. The van der Waals surface area contributed by atoms with E-state index in [1.807, 2.05) is 24.3 Å². The SMILES string of the molecule is CCCc1ccc(-c2ncc(C#N)c(F)n2)cc1. The predicted molar refractivity (Wildman–Crippen MR) is 66.1 cm³/mol. The molecule has 0 saturated carbocycles. The van der Waals surface area contributed by atoms with Crippen LogP contribution in [0.25, 0.3) is 11.4 Å². The fourth-order valence-corrected chi connectivity index (χ4v) is 1.68. The number of hydrogen-bond acceptors (Lipinski definition) is 3. The second-order valence-corrected chi connectivity index (χ2v) is 3.96. The summed E-state index contributed by atoms with van der Waals surface area (Å²) >= 11 is 0. The lowest BCUT2D eigenvalue weighted by molar-refractivity contribution is 0.577. The molecule has 2 aromatic rings. The number of aromatic nitrogens is 2. The zero-order chi connectivity index (χ0) is 13.0. The van der Waals surface area contributed by atoms with E-state index in [1.54, 1.807) is 6.07 Å². The first-order valence-corrected chi connectivity index (χ1v) is 5.76. The van der Waals surface area contributed by atoms with E-state index >= 15 is 0 Å². The van der Waals surface area contributed by atoms with Crippen molar-refractivity contribution in [3.05, 3.63) is 47.5 Å². The Morgan fingerprint density at radius 3 is 2.56 bits per heavy atom. The Balaban J connectivity index is 2.31. The maximum absolute atomic E-state index is 13.4. The molecule has 1 heterocycles. The second-order valence-electron chi connectivity index (χ2n) is 3.96. The van der Waals surface area contributed by atoms with Gasteiger partial charge in [-0.25, -0.2) is 4.98 Å². The average molecular weight is 241 g/mol.